The van der Waals surface area contributed by atoms with Gasteiger partial charge in [0.25, 0.3) is 0 Å². The number of aryl methyl sites for hydroxylation is 1. The molecule has 158 valence electrons. The van der Waals surface area contributed by atoms with E-state index in [2.05, 4.69) is 39.2 Å². The average molecular weight is 419 g/mol. The topological polar surface area (TPSA) is 90.5 Å². The maximum absolute atomic E-state index is 12.8. The molecule has 1 aromatic carbocycles. The van der Waals surface area contributed by atoms with Crippen LogP contribution < -0.4 is 11.1 Å². The number of benzene rings is 1. The number of β-lactam (4-membered cyclic amide) rings is 1. The molecule has 29 heavy (non-hydrogen) atoms. The lowest BCUT2D eigenvalue weighted by Crippen LogP contribution is -2.64. The van der Waals surface area contributed by atoms with E-state index >= 15 is 0 Å². The van der Waals surface area contributed by atoms with Gasteiger partial charge in [-0.15, -0.1) is 0 Å². The lowest BCUT2D eigenvalue weighted by Gasteiger charge is -2.45. The molecule has 3 atom stereocenters. The Kier molecular flexibility index (Phi) is 5.38. The van der Waals surface area contributed by atoms with Gasteiger partial charge < -0.3 is 14.2 Å². The van der Waals surface area contributed by atoms with E-state index in [0.29, 0.717) is 16.7 Å². The van der Waals surface area contributed by atoms with Crippen LogP contribution in [0.2, 0.25) is 18.1 Å². The van der Waals surface area contributed by atoms with Crippen LogP contribution in [0, 0.1) is 5.92 Å². The summed E-state index contributed by atoms with van der Waals surface area (Å²) in [6, 6.07) is 4.72. The number of amides is 1. The summed E-state index contributed by atoms with van der Waals surface area (Å²) >= 11 is 0. The Hall–Kier alpha value is -2.19. The highest BCUT2D eigenvalue weighted by Gasteiger charge is 2.47. The fraction of sp³-hybridized carbons (Fsp3) is 0.571. The standard InChI is InChI=1S/C21H30N2O5Si/c1-12(28-29(6,7)21(2,3)4)18-14(22-19(18)25)11-16(24)13-8-9-15-17(10-13)27-20(26)23(15)5/h8-10,12,14,18H,11H2,1-7H3,(H,22,25)/t12-,14?,18-/m1/s1. The number of ketones is 1. The molecule has 1 aliphatic heterocycles. The molecule has 0 spiro atoms. The molecule has 1 amide bonds. The zero-order chi connectivity index (χ0) is 21.7. The summed E-state index contributed by atoms with van der Waals surface area (Å²) < 4.78 is 12.9. The minimum atomic E-state index is -2.02. The molecule has 0 aliphatic carbocycles. The molecule has 1 unspecified atom stereocenters. The number of Topliss-reactive ketones (excluding diaryl/α,β-unsaturated/α-hetero) is 1. The van der Waals surface area contributed by atoms with Crippen LogP contribution in [-0.2, 0) is 16.3 Å². The molecule has 2 aromatic rings. The highest BCUT2D eigenvalue weighted by Crippen LogP contribution is 2.39. The molecule has 7 nitrogen and oxygen atoms in total. The molecular weight excluding hydrogens is 388 g/mol. The quantitative estimate of drug-likeness (QED) is 0.442. The Morgan fingerprint density at radius 2 is 1.97 bits per heavy atom. The molecule has 2 heterocycles. The Labute approximate surface area is 171 Å². The largest absolute Gasteiger partial charge is 0.419 e. The first-order valence-electron chi connectivity index (χ1n) is 9.93. The lowest BCUT2D eigenvalue weighted by atomic mass is 9.82. The third-order valence-electron chi connectivity index (χ3n) is 6.38. The van der Waals surface area contributed by atoms with Crippen molar-refractivity contribution in [1.29, 1.82) is 0 Å². The van der Waals surface area contributed by atoms with Crippen molar-refractivity contribution in [3.63, 3.8) is 0 Å². The number of fused-ring (bicyclic) bond motifs is 1. The second-order valence-corrected chi connectivity index (χ2v) is 14.2. The van der Waals surface area contributed by atoms with Crippen LogP contribution in [0.1, 0.15) is 44.5 Å². The maximum atomic E-state index is 12.8. The van der Waals surface area contributed by atoms with Crippen LogP contribution >= 0.6 is 0 Å². The van der Waals surface area contributed by atoms with E-state index in [9.17, 15) is 14.4 Å². The molecule has 1 fully saturated rings. The van der Waals surface area contributed by atoms with Gasteiger partial charge in [-0.3, -0.25) is 14.2 Å². The van der Waals surface area contributed by atoms with Gasteiger partial charge in [0.15, 0.2) is 19.7 Å². The number of aromatic nitrogens is 1. The van der Waals surface area contributed by atoms with E-state index in [1.807, 2.05) is 6.92 Å². The summed E-state index contributed by atoms with van der Waals surface area (Å²) in [5.74, 6) is -0.981. The third kappa shape index (κ3) is 3.96. The van der Waals surface area contributed by atoms with E-state index in [1.165, 1.54) is 4.57 Å². The van der Waals surface area contributed by atoms with Gasteiger partial charge in [0.1, 0.15) is 0 Å². The molecule has 0 bridgehead atoms. The minimum Gasteiger partial charge on any atom is -0.413 e. The molecule has 1 N–H and O–H groups in total. The predicted octanol–water partition coefficient (Wildman–Crippen LogP) is 3.23. The Morgan fingerprint density at radius 3 is 2.55 bits per heavy atom. The highest BCUT2D eigenvalue weighted by molar-refractivity contribution is 6.74. The molecule has 1 aromatic heterocycles. The first-order chi connectivity index (χ1) is 13.3. The normalized spacial score (nSPS) is 21.0. The van der Waals surface area contributed by atoms with Gasteiger partial charge in [-0.05, 0) is 43.3 Å². The van der Waals surface area contributed by atoms with Crippen LogP contribution in [0.3, 0.4) is 0 Å². The molecular formula is C21H30N2O5Si. The predicted molar refractivity (Wildman–Crippen MR) is 114 cm³/mol. The van der Waals surface area contributed by atoms with Crippen molar-refractivity contribution in [2.45, 2.75) is 64.4 Å². The summed E-state index contributed by atoms with van der Waals surface area (Å²) in [5.41, 5.74) is 1.48. The number of nitrogens with one attached hydrogen (secondary N) is 1. The van der Waals surface area contributed by atoms with E-state index in [-0.39, 0.29) is 41.2 Å². The minimum absolute atomic E-state index is 0.0435. The monoisotopic (exact) mass is 418 g/mol. The second kappa shape index (κ2) is 7.25. The molecule has 1 saturated heterocycles. The van der Waals surface area contributed by atoms with Gasteiger partial charge in [-0.2, -0.15) is 0 Å². The zero-order valence-electron chi connectivity index (χ0n) is 18.2. The lowest BCUT2D eigenvalue weighted by molar-refractivity contribution is -0.139. The van der Waals surface area contributed by atoms with Crippen LogP contribution in [-0.4, -0.2) is 36.7 Å². The number of hydrogen-bond donors (Lipinski definition) is 1. The molecule has 1 aliphatic rings. The number of hydrogen-bond acceptors (Lipinski definition) is 5. The third-order valence-corrected chi connectivity index (χ3v) is 10.9. The van der Waals surface area contributed by atoms with Crippen molar-refractivity contribution >= 4 is 31.1 Å². The van der Waals surface area contributed by atoms with E-state index in [0.717, 1.165) is 0 Å². The van der Waals surface area contributed by atoms with Gasteiger partial charge in [-0.25, -0.2) is 4.79 Å². The SMILES string of the molecule is C[C@@H](O[Si](C)(C)C(C)(C)C)[C@H]1C(=O)NC1CC(=O)c1ccc2c(c1)oc(=O)n2C. The number of carbonyl (C=O) groups is 2. The van der Waals surface area contributed by atoms with Crippen molar-refractivity contribution in [1.82, 2.24) is 9.88 Å². The number of carbonyl (C=O) groups excluding carboxylic acids is 2. The number of oxazole rings is 1. The molecule has 3 rings (SSSR count). The Morgan fingerprint density at radius 1 is 1.31 bits per heavy atom. The summed E-state index contributed by atoms with van der Waals surface area (Å²) in [6.07, 6.45) is -0.0680. The smallest absolute Gasteiger partial charge is 0.413 e. The van der Waals surface area contributed by atoms with Crippen molar-refractivity contribution < 1.29 is 18.4 Å². The average Bonchev–Trinajstić information content (AvgIpc) is 2.86. The summed E-state index contributed by atoms with van der Waals surface area (Å²) in [4.78, 5) is 36.6. The maximum Gasteiger partial charge on any atom is 0.419 e. The van der Waals surface area contributed by atoms with Gasteiger partial charge >= 0.3 is 5.76 Å². The van der Waals surface area contributed by atoms with Crippen molar-refractivity contribution in [3.8, 4) is 0 Å². The second-order valence-electron chi connectivity index (χ2n) is 9.46. The molecule has 0 saturated carbocycles. The van der Waals surface area contributed by atoms with Gasteiger partial charge in [0.05, 0.1) is 23.6 Å². The fourth-order valence-electron chi connectivity index (χ4n) is 3.51. The van der Waals surface area contributed by atoms with Crippen LogP contribution in [0.15, 0.2) is 27.4 Å². The molecule has 0 radical (unpaired) electrons. The van der Waals surface area contributed by atoms with Crippen LogP contribution in [0.4, 0.5) is 0 Å². The van der Waals surface area contributed by atoms with E-state index in [1.54, 1.807) is 25.2 Å². The van der Waals surface area contributed by atoms with Crippen molar-refractivity contribution in [2.75, 3.05) is 0 Å². The van der Waals surface area contributed by atoms with Gasteiger partial charge in [0, 0.05) is 19.0 Å². The summed E-state index contributed by atoms with van der Waals surface area (Å²) in [7, 11) is -0.400. The summed E-state index contributed by atoms with van der Waals surface area (Å²) in [6.45, 7) is 12.7. The van der Waals surface area contributed by atoms with Gasteiger partial charge in [0.2, 0.25) is 5.91 Å². The molecule has 8 heteroatoms. The first-order valence-corrected chi connectivity index (χ1v) is 12.8. The van der Waals surface area contributed by atoms with Crippen LogP contribution in [0.5, 0.6) is 0 Å². The van der Waals surface area contributed by atoms with Crippen LogP contribution in [0.25, 0.3) is 11.1 Å². The first kappa shape index (κ1) is 21.5. The number of nitrogens with zero attached hydrogens (tertiary/aromatic N) is 1. The van der Waals surface area contributed by atoms with Crippen molar-refractivity contribution in [3.05, 3.63) is 34.3 Å². The van der Waals surface area contributed by atoms with Gasteiger partial charge in [-0.1, -0.05) is 20.8 Å². The van der Waals surface area contributed by atoms with E-state index in [4.69, 9.17) is 8.84 Å². The number of rotatable bonds is 6. The highest BCUT2D eigenvalue weighted by atomic mass is 28.4. The van der Waals surface area contributed by atoms with E-state index < -0.39 is 14.1 Å². The Balaban J connectivity index is 1.72. The fourth-order valence-corrected chi connectivity index (χ4v) is 4.94. The Bertz CT molecular complexity index is 1010. The summed E-state index contributed by atoms with van der Waals surface area (Å²) in [5, 5.41) is 2.89. The van der Waals surface area contributed by atoms with Crippen molar-refractivity contribution in [2.24, 2.45) is 13.0 Å². The zero-order valence-corrected chi connectivity index (χ0v) is 19.2.